The Labute approximate surface area is 115 Å². The number of carbonyl (C=O) groups is 1. The molecule has 104 valence electrons. The van der Waals surface area contributed by atoms with Gasteiger partial charge in [0.05, 0.1) is 5.56 Å². The lowest BCUT2D eigenvalue weighted by Gasteiger charge is -2.11. The zero-order valence-electron chi connectivity index (χ0n) is 10.8. The highest BCUT2D eigenvalue weighted by atomic mass is 19.1. The van der Waals surface area contributed by atoms with Crippen molar-refractivity contribution in [2.75, 3.05) is 0 Å². The van der Waals surface area contributed by atoms with E-state index in [0.29, 0.717) is 11.1 Å². The lowest BCUT2D eigenvalue weighted by Crippen LogP contribution is -2.06. The number of halogens is 1. The van der Waals surface area contributed by atoms with Gasteiger partial charge >= 0.3 is 5.97 Å². The summed E-state index contributed by atoms with van der Waals surface area (Å²) in [5.41, 5.74) is 1.20. The third-order valence-corrected chi connectivity index (χ3v) is 2.88. The van der Waals surface area contributed by atoms with Crippen LogP contribution in [0.1, 0.15) is 21.5 Å². The van der Waals surface area contributed by atoms with Crippen LogP contribution in [0, 0.1) is 12.7 Å². The van der Waals surface area contributed by atoms with Crippen LogP contribution in [0.15, 0.2) is 36.4 Å². The van der Waals surface area contributed by atoms with Crippen LogP contribution in [-0.4, -0.2) is 16.2 Å². The summed E-state index contributed by atoms with van der Waals surface area (Å²) in [5, 5.41) is 18.3. The monoisotopic (exact) mass is 276 g/mol. The van der Waals surface area contributed by atoms with E-state index < -0.39 is 17.5 Å². The molecule has 0 aliphatic carbocycles. The fraction of sp³-hybridized carbons (Fsp3) is 0.133. The predicted molar refractivity (Wildman–Crippen MR) is 70.5 cm³/mol. The van der Waals surface area contributed by atoms with Gasteiger partial charge < -0.3 is 14.9 Å². The minimum atomic E-state index is -1.04. The summed E-state index contributed by atoms with van der Waals surface area (Å²) in [6.07, 6.45) is 0. The van der Waals surface area contributed by atoms with Gasteiger partial charge in [-0.1, -0.05) is 18.2 Å². The number of carboxylic acid groups (broad SMARTS) is 1. The van der Waals surface area contributed by atoms with E-state index in [4.69, 9.17) is 9.84 Å². The van der Waals surface area contributed by atoms with Gasteiger partial charge in [-0.15, -0.1) is 0 Å². The number of aryl methyl sites for hydroxylation is 1. The van der Waals surface area contributed by atoms with Crippen LogP contribution < -0.4 is 4.74 Å². The number of benzene rings is 2. The molecule has 2 N–H and O–H groups in total. The van der Waals surface area contributed by atoms with Crippen molar-refractivity contribution in [2.45, 2.75) is 13.5 Å². The molecule has 0 radical (unpaired) electrons. The Morgan fingerprint density at radius 1 is 1.30 bits per heavy atom. The molecule has 4 nitrogen and oxygen atoms in total. The molecule has 2 aromatic rings. The molecule has 0 heterocycles. The van der Waals surface area contributed by atoms with Crippen LogP contribution in [0.25, 0.3) is 0 Å². The van der Waals surface area contributed by atoms with Crippen LogP contribution in [0.2, 0.25) is 0 Å². The first-order valence-electron chi connectivity index (χ1n) is 5.92. The van der Waals surface area contributed by atoms with Gasteiger partial charge in [0.25, 0.3) is 0 Å². The Kier molecular flexibility index (Phi) is 3.89. The number of rotatable bonds is 4. The van der Waals surface area contributed by atoms with Crippen LogP contribution >= 0.6 is 0 Å². The third kappa shape index (κ3) is 2.88. The Balaban J connectivity index is 2.21. The van der Waals surface area contributed by atoms with Crippen molar-refractivity contribution in [3.05, 3.63) is 58.9 Å². The number of ether oxygens (including phenoxy) is 1. The molecule has 20 heavy (non-hydrogen) atoms. The molecule has 0 atom stereocenters. The number of carboxylic acids is 1. The molecule has 0 saturated heterocycles. The average Bonchev–Trinajstić information content (AvgIpc) is 2.41. The first kappa shape index (κ1) is 13.9. The zero-order chi connectivity index (χ0) is 14.7. The molecule has 0 fully saturated rings. The normalized spacial score (nSPS) is 10.3. The summed E-state index contributed by atoms with van der Waals surface area (Å²) >= 11 is 0. The Bertz CT molecular complexity index is 652. The highest BCUT2D eigenvalue weighted by molar-refractivity contribution is 5.89. The maximum absolute atomic E-state index is 13.3. The van der Waals surface area contributed by atoms with Crippen LogP contribution in [0.5, 0.6) is 11.5 Å². The van der Waals surface area contributed by atoms with Crippen molar-refractivity contribution >= 4 is 5.97 Å². The van der Waals surface area contributed by atoms with Gasteiger partial charge in [0, 0.05) is 11.6 Å². The third-order valence-electron chi connectivity index (χ3n) is 2.88. The Morgan fingerprint density at radius 3 is 2.70 bits per heavy atom. The molecule has 2 aromatic carbocycles. The second-order valence-corrected chi connectivity index (χ2v) is 4.32. The van der Waals surface area contributed by atoms with Gasteiger partial charge in [-0.05, 0) is 24.6 Å². The standard InChI is InChI=1S/C15H13FO4/c1-9-6-13(17)12(16)7-14(9)20-8-10-4-2-3-5-11(10)15(18)19/h2-7,17H,8H2,1H3,(H,18,19). The molecule has 0 aliphatic heterocycles. The number of aromatic hydroxyl groups is 1. The van der Waals surface area contributed by atoms with E-state index >= 15 is 0 Å². The number of hydrogen-bond acceptors (Lipinski definition) is 3. The van der Waals surface area contributed by atoms with E-state index in [-0.39, 0.29) is 17.9 Å². The summed E-state index contributed by atoms with van der Waals surface area (Å²) in [6, 6.07) is 8.77. The molecule has 0 saturated carbocycles. The minimum Gasteiger partial charge on any atom is -0.505 e. The summed E-state index contributed by atoms with van der Waals surface area (Å²) in [6.45, 7) is 1.67. The molecule has 0 aromatic heterocycles. The molecule has 5 heteroatoms. The van der Waals surface area contributed by atoms with Crippen molar-refractivity contribution in [1.82, 2.24) is 0 Å². The molecular weight excluding hydrogens is 263 g/mol. The molecule has 0 amide bonds. The summed E-state index contributed by atoms with van der Waals surface area (Å²) < 4.78 is 18.7. The lowest BCUT2D eigenvalue weighted by molar-refractivity contribution is 0.0694. The first-order valence-corrected chi connectivity index (χ1v) is 5.92. The van der Waals surface area contributed by atoms with Gasteiger partial charge in [-0.25, -0.2) is 9.18 Å². The van der Waals surface area contributed by atoms with Crippen LogP contribution in [0.3, 0.4) is 0 Å². The van der Waals surface area contributed by atoms with Crippen molar-refractivity contribution < 1.29 is 24.1 Å². The summed E-state index contributed by atoms with van der Waals surface area (Å²) in [5.74, 6) is -2.00. The van der Waals surface area contributed by atoms with Crippen molar-refractivity contribution in [2.24, 2.45) is 0 Å². The topological polar surface area (TPSA) is 66.8 Å². The van der Waals surface area contributed by atoms with E-state index in [0.717, 1.165) is 6.07 Å². The maximum atomic E-state index is 13.3. The fourth-order valence-electron chi connectivity index (χ4n) is 1.81. The zero-order valence-corrected chi connectivity index (χ0v) is 10.8. The van der Waals surface area contributed by atoms with Gasteiger partial charge in [0.1, 0.15) is 12.4 Å². The SMILES string of the molecule is Cc1cc(O)c(F)cc1OCc1ccccc1C(=O)O. The molecule has 0 unspecified atom stereocenters. The first-order chi connectivity index (χ1) is 9.49. The Morgan fingerprint density at radius 2 is 2.00 bits per heavy atom. The van der Waals surface area contributed by atoms with Crippen LogP contribution in [0.4, 0.5) is 4.39 Å². The largest absolute Gasteiger partial charge is 0.505 e. The fourth-order valence-corrected chi connectivity index (χ4v) is 1.81. The maximum Gasteiger partial charge on any atom is 0.336 e. The van der Waals surface area contributed by atoms with E-state index in [1.807, 2.05) is 0 Å². The smallest absolute Gasteiger partial charge is 0.336 e. The van der Waals surface area contributed by atoms with E-state index in [2.05, 4.69) is 0 Å². The second kappa shape index (κ2) is 5.61. The number of aromatic carboxylic acids is 1. The number of phenols is 1. The minimum absolute atomic E-state index is 0.00747. The molecule has 0 bridgehead atoms. The molecule has 0 aliphatic rings. The van der Waals surface area contributed by atoms with Crippen molar-refractivity contribution in [3.8, 4) is 11.5 Å². The van der Waals surface area contributed by atoms with Gasteiger partial charge in [-0.3, -0.25) is 0 Å². The highest BCUT2D eigenvalue weighted by Gasteiger charge is 2.11. The summed E-state index contributed by atoms with van der Waals surface area (Å²) in [4.78, 5) is 11.1. The average molecular weight is 276 g/mol. The summed E-state index contributed by atoms with van der Waals surface area (Å²) in [7, 11) is 0. The number of hydrogen-bond donors (Lipinski definition) is 2. The van der Waals surface area contributed by atoms with E-state index in [1.54, 1.807) is 25.1 Å². The van der Waals surface area contributed by atoms with Crippen molar-refractivity contribution in [3.63, 3.8) is 0 Å². The molecule has 0 spiro atoms. The van der Waals surface area contributed by atoms with Gasteiger partial charge in [-0.2, -0.15) is 0 Å². The van der Waals surface area contributed by atoms with Gasteiger partial charge in [0.15, 0.2) is 11.6 Å². The number of phenolic OH excluding ortho intramolecular Hbond substituents is 1. The quantitative estimate of drug-likeness (QED) is 0.900. The van der Waals surface area contributed by atoms with E-state index in [1.165, 1.54) is 12.1 Å². The van der Waals surface area contributed by atoms with Crippen molar-refractivity contribution in [1.29, 1.82) is 0 Å². The van der Waals surface area contributed by atoms with Crippen LogP contribution in [-0.2, 0) is 6.61 Å². The second-order valence-electron chi connectivity index (χ2n) is 4.32. The highest BCUT2D eigenvalue weighted by Crippen LogP contribution is 2.27. The molecular formula is C15H13FO4. The lowest BCUT2D eigenvalue weighted by atomic mass is 10.1. The Hall–Kier alpha value is -2.56. The van der Waals surface area contributed by atoms with E-state index in [9.17, 15) is 14.3 Å². The predicted octanol–water partition coefficient (Wildman–Crippen LogP) is 3.12. The molecule has 2 rings (SSSR count). The van der Waals surface area contributed by atoms with Gasteiger partial charge in [0.2, 0.25) is 0 Å².